The van der Waals surface area contributed by atoms with Crippen LogP contribution in [0.1, 0.15) is 37.4 Å². The van der Waals surface area contributed by atoms with Crippen molar-refractivity contribution in [3.8, 4) is 0 Å². The van der Waals surface area contributed by atoms with E-state index in [0.717, 1.165) is 24.9 Å². The Bertz CT molecular complexity index is 348. The average molecular weight is 207 g/mol. The lowest BCUT2D eigenvalue weighted by Crippen LogP contribution is -2.24. The number of rotatable bonds is 3. The topological polar surface area (TPSA) is 12.0 Å². The molecule has 2 heteroatoms. The van der Waals surface area contributed by atoms with E-state index in [1.165, 1.54) is 5.56 Å². The van der Waals surface area contributed by atoms with E-state index in [2.05, 4.69) is 19.2 Å². The largest absolute Gasteiger partial charge is 0.310 e. The third kappa shape index (κ3) is 2.05. The van der Waals surface area contributed by atoms with Crippen LogP contribution in [-0.4, -0.2) is 6.54 Å². The van der Waals surface area contributed by atoms with Gasteiger partial charge in [0.2, 0.25) is 0 Å². The standard InChI is InChI=1S/C13H18FN/c1-3-6-15-13-9(2)7-10-4-5-11(14)8-12(10)13/h4-5,8-9,13,15H,3,6-7H2,1-2H3. The first kappa shape index (κ1) is 10.6. The first-order valence-electron chi connectivity index (χ1n) is 5.74. The van der Waals surface area contributed by atoms with Gasteiger partial charge in [-0.3, -0.25) is 0 Å². The highest BCUT2D eigenvalue weighted by atomic mass is 19.1. The second-order valence-corrected chi connectivity index (χ2v) is 4.46. The third-order valence-corrected chi connectivity index (χ3v) is 3.17. The molecule has 2 rings (SSSR count). The van der Waals surface area contributed by atoms with E-state index in [1.54, 1.807) is 12.1 Å². The van der Waals surface area contributed by atoms with Crippen LogP contribution in [0.15, 0.2) is 18.2 Å². The van der Waals surface area contributed by atoms with Gasteiger partial charge in [-0.05, 0) is 48.6 Å². The molecular formula is C13H18FN. The number of hydrogen-bond donors (Lipinski definition) is 1. The molecular weight excluding hydrogens is 189 g/mol. The molecule has 1 aromatic rings. The molecule has 1 aromatic carbocycles. The maximum Gasteiger partial charge on any atom is 0.123 e. The Hall–Kier alpha value is -0.890. The van der Waals surface area contributed by atoms with Gasteiger partial charge in [0.15, 0.2) is 0 Å². The first-order valence-corrected chi connectivity index (χ1v) is 5.74. The fraction of sp³-hybridized carbons (Fsp3) is 0.538. The molecule has 0 spiro atoms. The van der Waals surface area contributed by atoms with Gasteiger partial charge in [-0.2, -0.15) is 0 Å². The van der Waals surface area contributed by atoms with Gasteiger partial charge in [-0.15, -0.1) is 0 Å². The number of nitrogens with one attached hydrogen (secondary N) is 1. The van der Waals surface area contributed by atoms with Crippen LogP contribution in [0.5, 0.6) is 0 Å². The molecule has 15 heavy (non-hydrogen) atoms. The van der Waals surface area contributed by atoms with E-state index in [9.17, 15) is 4.39 Å². The van der Waals surface area contributed by atoms with Crippen molar-refractivity contribution in [3.63, 3.8) is 0 Å². The minimum Gasteiger partial charge on any atom is -0.310 e. The number of benzene rings is 1. The van der Waals surface area contributed by atoms with Gasteiger partial charge in [0.25, 0.3) is 0 Å². The van der Waals surface area contributed by atoms with Gasteiger partial charge in [-0.25, -0.2) is 4.39 Å². The predicted octanol–water partition coefficient (Wildman–Crippen LogP) is 3.06. The smallest absolute Gasteiger partial charge is 0.123 e. The lowest BCUT2D eigenvalue weighted by atomic mass is 10.0. The number of fused-ring (bicyclic) bond motifs is 1. The van der Waals surface area contributed by atoms with Crippen LogP contribution in [-0.2, 0) is 6.42 Å². The van der Waals surface area contributed by atoms with E-state index in [4.69, 9.17) is 0 Å². The summed E-state index contributed by atoms with van der Waals surface area (Å²) >= 11 is 0. The summed E-state index contributed by atoms with van der Waals surface area (Å²) in [6.45, 7) is 5.38. The van der Waals surface area contributed by atoms with E-state index in [-0.39, 0.29) is 5.82 Å². The predicted molar refractivity (Wildman–Crippen MR) is 60.3 cm³/mol. The molecule has 0 aliphatic heterocycles. The Balaban J connectivity index is 2.23. The van der Waals surface area contributed by atoms with Crippen molar-refractivity contribution >= 4 is 0 Å². The fourth-order valence-electron chi connectivity index (χ4n) is 2.42. The van der Waals surface area contributed by atoms with E-state index in [0.29, 0.717) is 12.0 Å². The summed E-state index contributed by atoms with van der Waals surface area (Å²) in [4.78, 5) is 0. The number of halogens is 1. The third-order valence-electron chi connectivity index (χ3n) is 3.17. The summed E-state index contributed by atoms with van der Waals surface area (Å²) < 4.78 is 13.2. The van der Waals surface area contributed by atoms with Crippen LogP contribution in [0.3, 0.4) is 0 Å². The zero-order chi connectivity index (χ0) is 10.8. The van der Waals surface area contributed by atoms with Gasteiger partial charge >= 0.3 is 0 Å². The minimum atomic E-state index is -0.119. The average Bonchev–Trinajstić information content (AvgIpc) is 2.51. The van der Waals surface area contributed by atoms with Crippen LogP contribution in [0.2, 0.25) is 0 Å². The molecule has 0 radical (unpaired) electrons. The summed E-state index contributed by atoms with van der Waals surface area (Å²) in [7, 11) is 0. The molecule has 2 unspecified atom stereocenters. The molecule has 1 aliphatic carbocycles. The van der Waals surface area contributed by atoms with Crippen LogP contribution >= 0.6 is 0 Å². The molecule has 1 nitrogen and oxygen atoms in total. The van der Waals surface area contributed by atoms with Crippen molar-refractivity contribution in [1.29, 1.82) is 0 Å². The van der Waals surface area contributed by atoms with Gasteiger partial charge in [-0.1, -0.05) is 19.9 Å². The van der Waals surface area contributed by atoms with E-state index in [1.807, 2.05) is 6.07 Å². The molecule has 0 saturated carbocycles. The SMILES string of the molecule is CCCNC1c2cc(F)ccc2CC1C. The highest BCUT2D eigenvalue weighted by Gasteiger charge is 2.28. The first-order chi connectivity index (χ1) is 7.22. The molecule has 0 aromatic heterocycles. The zero-order valence-corrected chi connectivity index (χ0v) is 9.39. The summed E-state index contributed by atoms with van der Waals surface area (Å²) in [6.07, 6.45) is 2.19. The zero-order valence-electron chi connectivity index (χ0n) is 9.39. The second kappa shape index (κ2) is 4.31. The van der Waals surface area contributed by atoms with Crippen molar-refractivity contribution in [2.24, 2.45) is 5.92 Å². The highest BCUT2D eigenvalue weighted by Crippen LogP contribution is 2.35. The monoisotopic (exact) mass is 207 g/mol. The van der Waals surface area contributed by atoms with E-state index < -0.39 is 0 Å². The maximum absolute atomic E-state index is 13.2. The van der Waals surface area contributed by atoms with Crippen molar-refractivity contribution in [3.05, 3.63) is 35.1 Å². The Kier molecular flexibility index (Phi) is 3.06. The summed E-state index contributed by atoms with van der Waals surface area (Å²) in [5, 5.41) is 3.50. The van der Waals surface area contributed by atoms with Gasteiger partial charge in [0, 0.05) is 6.04 Å². The van der Waals surface area contributed by atoms with Gasteiger partial charge < -0.3 is 5.32 Å². The fourth-order valence-corrected chi connectivity index (χ4v) is 2.42. The summed E-state index contributed by atoms with van der Waals surface area (Å²) in [6, 6.07) is 5.52. The Morgan fingerprint density at radius 3 is 3.00 bits per heavy atom. The molecule has 0 saturated heterocycles. The van der Waals surface area contributed by atoms with Crippen LogP contribution in [0, 0.1) is 11.7 Å². The molecule has 1 N–H and O–H groups in total. The van der Waals surface area contributed by atoms with Crippen LogP contribution in [0.4, 0.5) is 4.39 Å². The highest BCUT2D eigenvalue weighted by molar-refractivity contribution is 5.36. The second-order valence-electron chi connectivity index (χ2n) is 4.46. The molecule has 0 amide bonds. The molecule has 2 atom stereocenters. The van der Waals surface area contributed by atoms with E-state index >= 15 is 0 Å². The van der Waals surface area contributed by atoms with Crippen molar-refractivity contribution in [2.75, 3.05) is 6.54 Å². The summed E-state index contributed by atoms with van der Waals surface area (Å²) in [5.74, 6) is 0.458. The minimum absolute atomic E-state index is 0.119. The van der Waals surface area contributed by atoms with Crippen LogP contribution in [0.25, 0.3) is 0 Å². The van der Waals surface area contributed by atoms with Gasteiger partial charge in [0.05, 0.1) is 0 Å². The molecule has 1 aliphatic rings. The molecule has 0 bridgehead atoms. The van der Waals surface area contributed by atoms with Crippen molar-refractivity contribution < 1.29 is 4.39 Å². The number of hydrogen-bond acceptors (Lipinski definition) is 1. The lowest BCUT2D eigenvalue weighted by Gasteiger charge is -2.18. The quantitative estimate of drug-likeness (QED) is 0.803. The molecule has 0 fully saturated rings. The Morgan fingerprint density at radius 2 is 2.27 bits per heavy atom. The summed E-state index contributed by atoms with van der Waals surface area (Å²) in [5.41, 5.74) is 2.47. The maximum atomic E-state index is 13.2. The molecule has 82 valence electrons. The van der Waals surface area contributed by atoms with Gasteiger partial charge in [0.1, 0.15) is 5.82 Å². The normalized spacial score (nSPS) is 24.2. The lowest BCUT2D eigenvalue weighted by molar-refractivity contribution is 0.416. The Labute approximate surface area is 90.7 Å². The molecule has 0 heterocycles. The van der Waals surface area contributed by atoms with Crippen LogP contribution < -0.4 is 5.32 Å². The van der Waals surface area contributed by atoms with Crippen molar-refractivity contribution in [2.45, 2.75) is 32.7 Å². The van der Waals surface area contributed by atoms with Crippen molar-refractivity contribution in [1.82, 2.24) is 5.32 Å². The Morgan fingerprint density at radius 1 is 1.47 bits per heavy atom.